The van der Waals surface area contributed by atoms with Crippen molar-refractivity contribution in [1.82, 2.24) is 0 Å². The van der Waals surface area contributed by atoms with Crippen LogP contribution in [0.2, 0.25) is 0 Å². The second kappa shape index (κ2) is 6.20. The van der Waals surface area contributed by atoms with Crippen LogP contribution in [0.3, 0.4) is 0 Å². The summed E-state index contributed by atoms with van der Waals surface area (Å²) in [6.07, 6.45) is 1.31. The first-order valence-corrected chi connectivity index (χ1v) is 5.71. The Kier molecular flexibility index (Phi) is 5.22. The van der Waals surface area contributed by atoms with Crippen molar-refractivity contribution in [3.05, 3.63) is 34.1 Å². The van der Waals surface area contributed by atoms with Crippen LogP contribution in [-0.4, -0.2) is 18.3 Å². The van der Waals surface area contributed by atoms with Gasteiger partial charge >= 0.3 is 0 Å². The molecule has 0 saturated carbocycles. The number of hydrogen-bond acceptors (Lipinski definition) is 2. The lowest BCUT2D eigenvalue weighted by Gasteiger charge is -2.11. The maximum absolute atomic E-state index is 13.3. The van der Waals surface area contributed by atoms with Gasteiger partial charge in [0.25, 0.3) is 0 Å². The molecule has 0 spiro atoms. The number of benzene rings is 1. The summed E-state index contributed by atoms with van der Waals surface area (Å²) in [6.45, 7) is 0.498. The van der Waals surface area contributed by atoms with Crippen molar-refractivity contribution in [1.29, 1.82) is 0 Å². The predicted molar refractivity (Wildman–Crippen MR) is 62.1 cm³/mol. The summed E-state index contributed by atoms with van der Waals surface area (Å²) in [5.74, 6) is -0.143. The van der Waals surface area contributed by atoms with E-state index >= 15 is 0 Å². The molecule has 2 nitrogen and oxygen atoms in total. The molecule has 0 aliphatic rings. The molecule has 3 N–H and O–H groups in total. The molecule has 0 aliphatic heterocycles. The van der Waals surface area contributed by atoms with E-state index in [1.165, 1.54) is 6.07 Å². The molecule has 0 amide bonds. The smallest absolute Gasteiger partial charge is 0.126 e. The van der Waals surface area contributed by atoms with Crippen LogP contribution < -0.4 is 5.73 Å². The Labute approximate surface area is 97.4 Å². The van der Waals surface area contributed by atoms with Gasteiger partial charge in [-0.3, -0.25) is 0 Å². The fourth-order valence-corrected chi connectivity index (χ4v) is 1.79. The van der Waals surface area contributed by atoms with Gasteiger partial charge in [0, 0.05) is 11.1 Å². The third-order valence-corrected chi connectivity index (χ3v) is 2.91. The van der Waals surface area contributed by atoms with Crippen LogP contribution in [0.1, 0.15) is 12.0 Å². The minimum atomic E-state index is -0.202. The molecule has 0 aliphatic carbocycles. The number of aliphatic hydroxyl groups excluding tert-OH is 1. The van der Waals surface area contributed by atoms with Gasteiger partial charge in [0.05, 0.1) is 0 Å². The van der Waals surface area contributed by atoms with Gasteiger partial charge in [-0.1, -0.05) is 15.9 Å². The molecule has 0 heterocycles. The molecule has 0 fully saturated rings. The molecule has 1 aromatic rings. The van der Waals surface area contributed by atoms with Gasteiger partial charge in [0.2, 0.25) is 0 Å². The highest BCUT2D eigenvalue weighted by Gasteiger charge is 2.08. The summed E-state index contributed by atoms with van der Waals surface area (Å²) in [4.78, 5) is 0. The number of rotatable bonds is 5. The number of halogens is 2. The zero-order valence-corrected chi connectivity index (χ0v) is 10.0. The van der Waals surface area contributed by atoms with Gasteiger partial charge in [0.15, 0.2) is 0 Å². The number of aryl methyl sites for hydroxylation is 1. The number of hydrogen-bond donors (Lipinski definition) is 2. The van der Waals surface area contributed by atoms with E-state index in [0.717, 1.165) is 4.47 Å². The summed E-state index contributed by atoms with van der Waals surface area (Å²) in [5.41, 5.74) is 6.12. The third kappa shape index (κ3) is 3.89. The van der Waals surface area contributed by atoms with Crippen molar-refractivity contribution in [3.8, 4) is 0 Å². The summed E-state index contributed by atoms with van der Waals surface area (Å²) in [6, 6.07) is 4.88. The molecule has 84 valence electrons. The summed E-state index contributed by atoms with van der Waals surface area (Å²) in [7, 11) is 0. The number of aliphatic hydroxyl groups is 1. The topological polar surface area (TPSA) is 46.2 Å². The molecule has 0 aromatic heterocycles. The van der Waals surface area contributed by atoms with E-state index in [1.54, 1.807) is 12.1 Å². The molecular formula is C11H15BrFNO. The molecule has 1 atom stereocenters. The van der Waals surface area contributed by atoms with E-state index in [1.807, 2.05) is 0 Å². The van der Waals surface area contributed by atoms with Crippen molar-refractivity contribution in [2.24, 2.45) is 11.7 Å². The van der Waals surface area contributed by atoms with Crippen molar-refractivity contribution in [2.75, 3.05) is 13.2 Å². The Hall–Kier alpha value is -0.450. The van der Waals surface area contributed by atoms with Crippen molar-refractivity contribution < 1.29 is 9.50 Å². The lowest BCUT2D eigenvalue weighted by Crippen LogP contribution is -2.18. The van der Waals surface area contributed by atoms with Crippen molar-refractivity contribution in [2.45, 2.75) is 12.8 Å². The highest BCUT2D eigenvalue weighted by Crippen LogP contribution is 2.18. The van der Waals surface area contributed by atoms with E-state index in [2.05, 4.69) is 15.9 Å². The average molecular weight is 276 g/mol. The second-order valence-electron chi connectivity index (χ2n) is 3.56. The Morgan fingerprint density at radius 2 is 2.20 bits per heavy atom. The van der Waals surface area contributed by atoms with Crippen LogP contribution in [0.25, 0.3) is 0 Å². The minimum Gasteiger partial charge on any atom is -0.396 e. The normalized spacial score (nSPS) is 12.8. The zero-order valence-electron chi connectivity index (χ0n) is 8.42. The molecule has 1 aromatic carbocycles. The SMILES string of the molecule is NCC(CO)CCc1cc(Br)ccc1F. The maximum Gasteiger partial charge on any atom is 0.126 e. The second-order valence-corrected chi connectivity index (χ2v) is 4.47. The van der Waals surface area contributed by atoms with E-state index in [4.69, 9.17) is 10.8 Å². The first-order chi connectivity index (χ1) is 7.17. The zero-order chi connectivity index (χ0) is 11.3. The van der Waals surface area contributed by atoms with Crippen LogP contribution in [0.5, 0.6) is 0 Å². The molecule has 0 radical (unpaired) electrons. The first kappa shape index (κ1) is 12.6. The van der Waals surface area contributed by atoms with E-state index in [0.29, 0.717) is 24.9 Å². The number of nitrogens with two attached hydrogens (primary N) is 1. The molecule has 15 heavy (non-hydrogen) atoms. The lowest BCUT2D eigenvalue weighted by molar-refractivity contribution is 0.223. The quantitative estimate of drug-likeness (QED) is 0.865. The molecule has 1 rings (SSSR count). The van der Waals surface area contributed by atoms with E-state index < -0.39 is 0 Å². The molecule has 0 bridgehead atoms. The van der Waals surface area contributed by atoms with Crippen LogP contribution in [0.15, 0.2) is 22.7 Å². The van der Waals surface area contributed by atoms with Gasteiger partial charge in [-0.2, -0.15) is 0 Å². The third-order valence-electron chi connectivity index (χ3n) is 2.42. The fraction of sp³-hybridized carbons (Fsp3) is 0.455. The standard InChI is InChI=1S/C11H15BrFNO/c12-10-3-4-11(13)9(5-10)2-1-8(6-14)7-15/h3-5,8,15H,1-2,6-7,14H2. The van der Waals surface area contributed by atoms with Gasteiger partial charge in [-0.15, -0.1) is 0 Å². The maximum atomic E-state index is 13.3. The average Bonchev–Trinajstić information content (AvgIpc) is 2.24. The van der Waals surface area contributed by atoms with Crippen LogP contribution >= 0.6 is 15.9 Å². The molecule has 4 heteroatoms. The van der Waals surface area contributed by atoms with Crippen LogP contribution in [0, 0.1) is 11.7 Å². The summed E-state index contributed by atoms with van der Waals surface area (Å²) >= 11 is 3.30. The molecule has 0 saturated heterocycles. The fourth-order valence-electron chi connectivity index (χ4n) is 1.38. The van der Waals surface area contributed by atoms with Crippen LogP contribution in [-0.2, 0) is 6.42 Å². The largest absolute Gasteiger partial charge is 0.396 e. The summed E-state index contributed by atoms with van der Waals surface area (Å²) in [5, 5.41) is 8.94. The van der Waals surface area contributed by atoms with E-state index in [-0.39, 0.29) is 18.3 Å². The lowest BCUT2D eigenvalue weighted by atomic mass is 10.00. The Morgan fingerprint density at radius 3 is 2.80 bits per heavy atom. The predicted octanol–water partition coefficient (Wildman–Crippen LogP) is 2.09. The van der Waals surface area contributed by atoms with Gasteiger partial charge < -0.3 is 10.8 Å². The highest BCUT2D eigenvalue weighted by atomic mass is 79.9. The van der Waals surface area contributed by atoms with Crippen molar-refractivity contribution >= 4 is 15.9 Å². The first-order valence-electron chi connectivity index (χ1n) is 4.92. The minimum absolute atomic E-state index is 0.0587. The molecular weight excluding hydrogens is 261 g/mol. The molecule has 1 unspecified atom stereocenters. The Morgan fingerprint density at radius 1 is 1.47 bits per heavy atom. The van der Waals surface area contributed by atoms with Gasteiger partial charge in [-0.05, 0) is 49.1 Å². The summed E-state index contributed by atoms with van der Waals surface area (Å²) < 4.78 is 14.2. The van der Waals surface area contributed by atoms with Crippen LogP contribution in [0.4, 0.5) is 4.39 Å². The van der Waals surface area contributed by atoms with E-state index in [9.17, 15) is 4.39 Å². The Balaban J connectivity index is 2.60. The Bertz CT molecular complexity index is 315. The van der Waals surface area contributed by atoms with Crippen molar-refractivity contribution in [3.63, 3.8) is 0 Å². The highest BCUT2D eigenvalue weighted by molar-refractivity contribution is 9.10. The van der Waals surface area contributed by atoms with Gasteiger partial charge in [0.1, 0.15) is 5.82 Å². The van der Waals surface area contributed by atoms with Gasteiger partial charge in [-0.25, -0.2) is 4.39 Å². The monoisotopic (exact) mass is 275 g/mol.